The van der Waals surface area contributed by atoms with Crippen LogP contribution in [0.5, 0.6) is 0 Å². The standard InChI is InChI=1S/C28H32BrN5O5/c1-5-38-26(36)23-22(17-9-11-18(12-10-17)25(35)31-21-16-19(29)13-14-30-21)32-24(33-23)20-8-6-7-15-34(20)27(37)39-28(2,3)4/h9-14,16,20H,5-8,15H2,1-4H3,(H,32,33)(H,30,31,35). The number of aromatic nitrogens is 3. The van der Waals surface area contributed by atoms with E-state index in [9.17, 15) is 14.4 Å². The van der Waals surface area contributed by atoms with Crippen molar-refractivity contribution in [3.05, 3.63) is 64.1 Å². The van der Waals surface area contributed by atoms with E-state index in [1.165, 1.54) is 0 Å². The Morgan fingerprint density at radius 1 is 1.15 bits per heavy atom. The Kier molecular flexibility index (Phi) is 8.69. The Labute approximate surface area is 235 Å². The smallest absolute Gasteiger partial charge is 0.410 e. The average molecular weight is 598 g/mol. The molecule has 2 amide bonds. The van der Waals surface area contributed by atoms with Crippen LogP contribution in [0.25, 0.3) is 11.3 Å². The van der Waals surface area contributed by atoms with Gasteiger partial charge in [-0.15, -0.1) is 0 Å². The highest BCUT2D eigenvalue weighted by atomic mass is 79.9. The summed E-state index contributed by atoms with van der Waals surface area (Å²) in [5.41, 5.74) is 0.982. The lowest BCUT2D eigenvalue weighted by Crippen LogP contribution is -2.42. The number of imidazole rings is 1. The molecule has 0 bridgehead atoms. The number of carbonyl (C=O) groups is 3. The van der Waals surface area contributed by atoms with E-state index < -0.39 is 17.7 Å². The van der Waals surface area contributed by atoms with Gasteiger partial charge in [0, 0.05) is 28.3 Å². The number of nitrogens with one attached hydrogen (secondary N) is 2. The number of ether oxygens (including phenoxy) is 2. The Bertz CT molecular complexity index is 1350. The molecule has 2 aromatic heterocycles. The van der Waals surface area contributed by atoms with Gasteiger partial charge < -0.3 is 19.8 Å². The van der Waals surface area contributed by atoms with Gasteiger partial charge in [-0.25, -0.2) is 19.6 Å². The summed E-state index contributed by atoms with van der Waals surface area (Å²) >= 11 is 3.36. The van der Waals surface area contributed by atoms with Crippen LogP contribution < -0.4 is 5.32 Å². The van der Waals surface area contributed by atoms with Gasteiger partial charge in [-0.3, -0.25) is 9.69 Å². The van der Waals surface area contributed by atoms with Crippen LogP contribution in [0.1, 0.15) is 79.7 Å². The number of carbonyl (C=O) groups excluding carboxylic acids is 3. The van der Waals surface area contributed by atoms with Gasteiger partial charge in [0.05, 0.1) is 12.6 Å². The molecule has 1 saturated heterocycles. The maximum atomic E-state index is 13.0. The van der Waals surface area contributed by atoms with E-state index in [0.717, 1.165) is 17.3 Å². The van der Waals surface area contributed by atoms with Gasteiger partial charge in [0.15, 0.2) is 5.69 Å². The van der Waals surface area contributed by atoms with Gasteiger partial charge in [0.25, 0.3) is 5.91 Å². The number of hydrogen-bond donors (Lipinski definition) is 2. The molecule has 1 aliphatic rings. The third-order valence-corrected chi connectivity index (χ3v) is 6.53. The van der Waals surface area contributed by atoms with Crippen LogP contribution in [-0.4, -0.2) is 56.6 Å². The van der Waals surface area contributed by atoms with Crippen molar-refractivity contribution in [3.8, 4) is 11.3 Å². The van der Waals surface area contributed by atoms with Crippen molar-refractivity contribution < 1.29 is 23.9 Å². The maximum absolute atomic E-state index is 13.0. The first kappa shape index (κ1) is 28.3. The van der Waals surface area contributed by atoms with E-state index >= 15 is 0 Å². The third-order valence-electron chi connectivity index (χ3n) is 6.03. The highest BCUT2D eigenvalue weighted by Crippen LogP contribution is 2.33. The maximum Gasteiger partial charge on any atom is 0.410 e. The summed E-state index contributed by atoms with van der Waals surface area (Å²) in [5.74, 6) is 0.0345. The SMILES string of the molecule is CCOC(=O)c1[nH]c(C2CCCCN2C(=O)OC(C)(C)C)nc1-c1ccc(C(=O)Nc2cc(Br)ccn2)cc1. The lowest BCUT2D eigenvalue weighted by Gasteiger charge is -2.35. The molecule has 39 heavy (non-hydrogen) atoms. The molecule has 1 unspecified atom stereocenters. The molecule has 0 spiro atoms. The molecular weight excluding hydrogens is 566 g/mol. The number of H-pyrrole nitrogens is 1. The molecule has 0 saturated carbocycles. The zero-order chi connectivity index (χ0) is 28.2. The molecular formula is C28H32BrN5O5. The van der Waals surface area contributed by atoms with Crippen molar-refractivity contribution in [1.82, 2.24) is 19.9 Å². The fourth-order valence-electron chi connectivity index (χ4n) is 4.31. The van der Waals surface area contributed by atoms with E-state index in [0.29, 0.717) is 41.4 Å². The Morgan fingerprint density at radius 2 is 1.90 bits per heavy atom. The molecule has 0 radical (unpaired) electrons. The van der Waals surface area contributed by atoms with E-state index in [2.05, 4.69) is 31.2 Å². The number of piperidine rings is 1. The van der Waals surface area contributed by atoms with Crippen LogP contribution in [0.15, 0.2) is 47.1 Å². The summed E-state index contributed by atoms with van der Waals surface area (Å²) in [4.78, 5) is 52.3. The van der Waals surface area contributed by atoms with Gasteiger partial charge >= 0.3 is 12.1 Å². The van der Waals surface area contributed by atoms with Gasteiger partial charge in [-0.05, 0) is 71.2 Å². The predicted octanol–water partition coefficient (Wildman–Crippen LogP) is 6.13. The third kappa shape index (κ3) is 7.03. The minimum absolute atomic E-state index is 0.192. The first-order chi connectivity index (χ1) is 18.6. The van der Waals surface area contributed by atoms with Crippen molar-refractivity contribution >= 4 is 39.7 Å². The summed E-state index contributed by atoms with van der Waals surface area (Å²) in [5, 5.41) is 2.76. The number of amides is 2. The minimum atomic E-state index is -0.634. The molecule has 11 heteroatoms. The van der Waals surface area contributed by atoms with E-state index in [1.54, 1.807) is 54.4 Å². The van der Waals surface area contributed by atoms with Crippen molar-refractivity contribution in [2.24, 2.45) is 0 Å². The van der Waals surface area contributed by atoms with Crippen molar-refractivity contribution in [2.75, 3.05) is 18.5 Å². The van der Waals surface area contributed by atoms with Crippen LogP contribution >= 0.6 is 15.9 Å². The number of halogens is 1. The fourth-order valence-corrected chi connectivity index (χ4v) is 4.64. The average Bonchev–Trinajstić information content (AvgIpc) is 3.33. The number of anilines is 1. The van der Waals surface area contributed by atoms with Crippen LogP contribution in [0.2, 0.25) is 0 Å². The molecule has 3 heterocycles. The summed E-state index contributed by atoms with van der Waals surface area (Å²) in [7, 11) is 0. The zero-order valence-electron chi connectivity index (χ0n) is 22.4. The molecule has 4 rings (SSSR count). The molecule has 206 valence electrons. The topological polar surface area (TPSA) is 127 Å². The lowest BCUT2D eigenvalue weighted by molar-refractivity contribution is 0.00853. The normalized spacial score (nSPS) is 15.5. The summed E-state index contributed by atoms with van der Waals surface area (Å²) < 4.78 is 11.7. The van der Waals surface area contributed by atoms with Crippen molar-refractivity contribution in [2.45, 2.75) is 58.6 Å². The largest absolute Gasteiger partial charge is 0.461 e. The highest BCUT2D eigenvalue weighted by Gasteiger charge is 2.34. The molecule has 1 aliphatic heterocycles. The van der Waals surface area contributed by atoms with Crippen LogP contribution in [0.3, 0.4) is 0 Å². The summed E-state index contributed by atoms with van der Waals surface area (Å²) in [6.07, 6.45) is 3.61. The van der Waals surface area contributed by atoms with Crippen LogP contribution in [-0.2, 0) is 9.47 Å². The van der Waals surface area contributed by atoms with Crippen LogP contribution in [0, 0.1) is 0 Å². The summed E-state index contributed by atoms with van der Waals surface area (Å²) in [6.45, 7) is 7.93. The van der Waals surface area contributed by atoms with Gasteiger partial charge in [0.1, 0.15) is 22.9 Å². The van der Waals surface area contributed by atoms with E-state index in [1.807, 2.05) is 20.8 Å². The second-order valence-electron chi connectivity index (χ2n) is 10.1. The number of aromatic amines is 1. The molecule has 10 nitrogen and oxygen atoms in total. The molecule has 1 aromatic carbocycles. The van der Waals surface area contributed by atoms with Gasteiger partial charge in [-0.1, -0.05) is 28.1 Å². The second kappa shape index (κ2) is 12.0. The van der Waals surface area contributed by atoms with E-state index in [-0.39, 0.29) is 24.2 Å². The monoisotopic (exact) mass is 597 g/mol. The number of pyridine rings is 1. The summed E-state index contributed by atoms with van der Waals surface area (Å²) in [6, 6.07) is 9.84. The van der Waals surface area contributed by atoms with Gasteiger partial charge in [-0.2, -0.15) is 0 Å². The number of rotatable bonds is 6. The number of likely N-dealkylation sites (tertiary alicyclic amines) is 1. The zero-order valence-corrected chi connectivity index (χ0v) is 24.0. The van der Waals surface area contributed by atoms with Crippen molar-refractivity contribution in [1.29, 1.82) is 0 Å². The fraction of sp³-hybridized carbons (Fsp3) is 0.393. The molecule has 2 N–H and O–H groups in total. The minimum Gasteiger partial charge on any atom is -0.461 e. The molecule has 3 aromatic rings. The number of benzene rings is 1. The Morgan fingerprint density at radius 3 is 2.56 bits per heavy atom. The number of hydrogen-bond acceptors (Lipinski definition) is 7. The first-order valence-corrected chi connectivity index (χ1v) is 13.6. The number of esters is 1. The van der Waals surface area contributed by atoms with Crippen LogP contribution in [0.4, 0.5) is 10.6 Å². The Balaban J connectivity index is 1.63. The number of nitrogens with zero attached hydrogens (tertiary/aromatic N) is 3. The second-order valence-corrected chi connectivity index (χ2v) is 11.1. The van der Waals surface area contributed by atoms with Crippen molar-refractivity contribution in [3.63, 3.8) is 0 Å². The quantitative estimate of drug-likeness (QED) is 0.327. The lowest BCUT2D eigenvalue weighted by atomic mass is 10.0. The first-order valence-electron chi connectivity index (χ1n) is 12.9. The highest BCUT2D eigenvalue weighted by molar-refractivity contribution is 9.10. The van der Waals surface area contributed by atoms with Gasteiger partial charge in [0.2, 0.25) is 0 Å². The Hall–Kier alpha value is -3.73. The molecule has 1 fully saturated rings. The molecule has 1 atom stereocenters. The molecule has 0 aliphatic carbocycles. The predicted molar refractivity (Wildman–Crippen MR) is 149 cm³/mol. The van der Waals surface area contributed by atoms with E-state index in [4.69, 9.17) is 14.5 Å².